The Bertz CT molecular complexity index is 834. The molecule has 1 aromatic carbocycles. The van der Waals surface area contributed by atoms with Crippen LogP contribution in [0.15, 0.2) is 36.5 Å². The van der Waals surface area contributed by atoms with Gasteiger partial charge in [0.2, 0.25) is 5.78 Å². The fourth-order valence-electron chi connectivity index (χ4n) is 2.43. The van der Waals surface area contributed by atoms with Gasteiger partial charge in [0.25, 0.3) is 0 Å². The summed E-state index contributed by atoms with van der Waals surface area (Å²) in [6, 6.07) is 6.41. The maximum atomic E-state index is 13.0. The fourth-order valence-corrected chi connectivity index (χ4v) is 2.43. The molecule has 9 heteroatoms. The maximum absolute atomic E-state index is 13.0. The van der Waals surface area contributed by atoms with Crippen LogP contribution in [-0.4, -0.2) is 41.6 Å². The summed E-state index contributed by atoms with van der Waals surface area (Å²) in [5, 5.41) is 4.03. The van der Waals surface area contributed by atoms with Gasteiger partial charge in [-0.2, -0.15) is 13.9 Å². The molecule has 0 radical (unpaired) electrons. The summed E-state index contributed by atoms with van der Waals surface area (Å²) in [5.74, 6) is -4.11. The lowest BCUT2D eigenvalue weighted by molar-refractivity contribution is -0.168. The zero-order valence-electron chi connectivity index (χ0n) is 15.4. The van der Waals surface area contributed by atoms with E-state index >= 15 is 0 Å². The topological polar surface area (TPSA) is 53.4 Å². The Morgan fingerprint density at radius 3 is 2.71 bits per heavy atom. The first-order valence-electron chi connectivity index (χ1n) is 8.43. The van der Waals surface area contributed by atoms with E-state index in [1.54, 1.807) is 35.0 Å². The van der Waals surface area contributed by atoms with Crippen molar-refractivity contribution < 1.29 is 31.8 Å². The molecule has 0 bridgehead atoms. The lowest BCUT2D eigenvalue weighted by atomic mass is 10.1. The van der Waals surface area contributed by atoms with Gasteiger partial charge in [-0.05, 0) is 36.8 Å². The predicted octanol–water partition coefficient (Wildman–Crippen LogP) is 4.22. The molecule has 0 amide bonds. The van der Waals surface area contributed by atoms with Crippen molar-refractivity contribution in [2.75, 3.05) is 13.7 Å². The summed E-state index contributed by atoms with van der Waals surface area (Å²) in [5.41, 5.74) is 1.42. The Balaban J connectivity index is 2.10. The Morgan fingerprint density at radius 1 is 1.32 bits per heavy atom. The largest absolute Gasteiger partial charge is 0.496 e. The number of halogens is 4. The Labute approximate surface area is 159 Å². The summed E-state index contributed by atoms with van der Waals surface area (Å²) in [4.78, 5) is 12.3. The molecule has 0 aliphatic carbocycles. The molecule has 0 atom stereocenters. The first kappa shape index (κ1) is 21.6. The van der Waals surface area contributed by atoms with E-state index in [1.165, 1.54) is 19.4 Å². The van der Waals surface area contributed by atoms with Gasteiger partial charge in [0.15, 0.2) is 0 Å². The molecule has 0 fully saturated rings. The number of aromatic nitrogens is 2. The lowest BCUT2D eigenvalue weighted by Crippen LogP contribution is -2.32. The smallest absolute Gasteiger partial charge is 0.330 e. The van der Waals surface area contributed by atoms with E-state index in [0.29, 0.717) is 29.1 Å². The highest BCUT2D eigenvalue weighted by Crippen LogP contribution is 2.26. The average molecular weight is 400 g/mol. The standard InChI is InChI=1S/C19H20F4N2O3/c1-3-25-15(8-9-24-25)16(26)6-4-13-5-7-17(27-2)14(10-13)11-28-12-19(22,23)18(20)21/h4-10,18H,3,11-12H2,1-2H3/b6-4+. The van der Waals surface area contributed by atoms with Crippen LogP contribution < -0.4 is 4.74 Å². The first-order chi connectivity index (χ1) is 13.3. The highest BCUT2D eigenvalue weighted by molar-refractivity contribution is 6.05. The molecule has 0 N–H and O–H groups in total. The van der Waals surface area contributed by atoms with E-state index in [9.17, 15) is 22.4 Å². The number of hydrogen-bond donors (Lipinski definition) is 0. The highest BCUT2D eigenvalue weighted by atomic mass is 19.3. The summed E-state index contributed by atoms with van der Waals surface area (Å²) >= 11 is 0. The Kier molecular flexibility index (Phi) is 7.33. The number of methoxy groups -OCH3 is 1. The van der Waals surface area contributed by atoms with Crippen LogP contribution in [0.1, 0.15) is 28.5 Å². The van der Waals surface area contributed by atoms with Crippen LogP contribution in [0.5, 0.6) is 5.75 Å². The second kappa shape index (κ2) is 9.50. The molecule has 0 saturated carbocycles. The van der Waals surface area contributed by atoms with Crippen LogP contribution in [0.25, 0.3) is 6.08 Å². The van der Waals surface area contributed by atoms with E-state index < -0.39 is 19.0 Å². The van der Waals surface area contributed by atoms with Crippen molar-refractivity contribution in [3.63, 3.8) is 0 Å². The number of carbonyl (C=O) groups is 1. The van der Waals surface area contributed by atoms with Gasteiger partial charge < -0.3 is 9.47 Å². The molecule has 28 heavy (non-hydrogen) atoms. The molecule has 0 aliphatic heterocycles. The van der Waals surface area contributed by atoms with Gasteiger partial charge >= 0.3 is 12.3 Å². The molecule has 1 aromatic heterocycles. The summed E-state index contributed by atoms with van der Waals surface area (Å²) < 4.78 is 61.7. The van der Waals surface area contributed by atoms with E-state index in [0.717, 1.165) is 0 Å². The van der Waals surface area contributed by atoms with E-state index in [4.69, 9.17) is 9.47 Å². The van der Waals surface area contributed by atoms with Crippen LogP contribution in [0, 0.1) is 0 Å². The van der Waals surface area contributed by atoms with Crippen molar-refractivity contribution in [1.82, 2.24) is 9.78 Å². The number of carbonyl (C=O) groups excluding carboxylic acids is 1. The molecule has 0 saturated heterocycles. The van der Waals surface area contributed by atoms with Gasteiger partial charge in [0.05, 0.1) is 13.7 Å². The third-order valence-corrected chi connectivity index (χ3v) is 3.87. The van der Waals surface area contributed by atoms with E-state index in [2.05, 4.69) is 5.10 Å². The quantitative estimate of drug-likeness (QED) is 0.340. The number of hydrogen-bond acceptors (Lipinski definition) is 4. The summed E-state index contributed by atoms with van der Waals surface area (Å²) in [7, 11) is 1.39. The number of aryl methyl sites for hydroxylation is 1. The van der Waals surface area contributed by atoms with Gasteiger partial charge in [-0.25, -0.2) is 8.78 Å². The predicted molar refractivity (Wildman–Crippen MR) is 94.9 cm³/mol. The molecule has 0 aliphatic rings. The number of allylic oxidation sites excluding steroid dienone is 1. The number of rotatable bonds is 10. The minimum Gasteiger partial charge on any atom is -0.496 e. The van der Waals surface area contributed by atoms with Crippen LogP contribution in [0.3, 0.4) is 0 Å². The highest BCUT2D eigenvalue weighted by Gasteiger charge is 2.40. The molecule has 0 unspecified atom stereocenters. The second-order valence-corrected chi connectivity index (χ2v) is 5.86. The number of benzene rings is 1. The van der Waals surface area contributed by atoms with Crippen LogP contribution in [0.2, 0.25) is 0 Å². The molecule has 1 heterocycles. The summed E-state index contributed by atoms with van der Waals surface area (Å²) in [6.07, 6.45) is 0.640. The van der Waals surface area contributed by atoms with Crippen LogP contribution >= 0.6 is 0 Å². The third kappa shape index (κ3) is 5.41. The van der Waals surface area contributed by atoms with E-state index in [1.807, 2.05) is 6.92 Å². The Morgan fingerprint density at radius 2 is 2.07 bits per heavy atom. The molecule has 2 aromatic rings. The lowest BCUT2D eigenvalue weighted by Gasteiger charge is -2.16. The molecule has 152 valence electrons. The molecule has 0 spiro atoms. The van der Waals surface area contributed by atoms with Crippen molar-refractivity contribution in [3.05, 3.63) is 53.4 Å². The second-order valence-electron chi connectivity index (χ2n) is 5.86. The maximum Gasteiger partial charge on any atom is 0.330 e. The van der Waals surface area contributed by atoms with Gasteiger partial charge in [0, 0.05) is 18.3 Å². The van der Waals surface area contributed by atoms with Crippen LogP contribution in [-0.2, 0) is 17.9 Å². The fraction of sp³-hybridized carbons (Fsp3) is 0.368. The van der Waals surface area contributed by atoms with Crippen LogP contribution in [0.4, 0.5) is 17.6 Å². The molecular weight excluding hydrogens is 380 g/mol. The van der Waals surface area contributed by atoms with Crippen molar-refractivity contribution in [2.24, 2.45) is 0 Å². The molecule has 5 nitrogen and oxygen atoms in total. The summed E-state index contributed by atoms with van der Waals surface area (Å²) in [6.45, 7) is 0.660. The van der Waals surface area contributed by atoms with Gasteiger partial charge in [-0.15, -0.1) is 0 Å². The van der Waals surface area contributed by atoms with Crippen molar-refractivity contribution in [2.45, 2.75) is 32.4 Å². The van der Waals surface area contributed by atoms with Gasteiger partial charge in [0.1, 0.15) is 18.1 Å². The monoisotopic (exact) mass is 400 g/mol. The normalized spacial score (nSPS) is 12.1. The Hall–Kier alpha value is -2.68. The van der Waals surface area contributed by atoms with Gasteiger partial charge in [-0.1, -0.05) is 12.1 Å². The van der Waals surface area contributed by atoms with Gasteiger partial charge in [-0.3, -0.25) is 9.48 Å². The van der Waals surface area contributed by atoms with E-state index in [-0.39, 0.29) is 12.4 Å². The number of alkyl halides is 4. The van der Waals surface area contributed by atoms with Crippen molar-refractivity contribution >= 4 is 11.9 Å². The average Bonchev–Trinajstić information content (AvgIpc) is 3.15. The zero-order chi connectivity index (χ0) is 20.7. The number of nitrogens with zero attached hydrogens (tertiary/aromatic N) is 2. The van der Waals surface area contributed by atoms with Crippen molar-refractivity contribution in [1.29, 1.82) is 0 Å². The minimum atomic E-state index is -4.22. The zero-order valence-corrected chi connectivity index (χ0v) is 15.4. The molecular formula is C19H20F4N2O3. The molecule has 2 rings (SSSR count). The van der Waals surface area contributed by atoms with Crippen molar-refractivity contribution in [3.8, 4) is 5.75 Å². The first-order valence-corrected chi connectivity index (χ1v) is 8.43. The minimum absolute atomic E-state index is 0.246. The third-order valence-electron chi connectivity index (χ3n) is 3.87. The number of ketones is 1. The number of ether oxygens (including phenoxy) is 2. The SMILES string of the molecule is CCn1nccc1C(=O)/C=C/c1ccc(OC)c(COCC(F)(F)C(F)F)c1.